The van der Waals surface area contributed by atoms with E-state index in [4.69, 9.17) is 31.1 Å². The molecule has 1 heterocycles. The van der Waals surface area contributed by atoms with Gasteiger partial charge in [-0.1, -0.05) is 17.7 Å². The highest BCUT2D eigenvalue weighted by atomic mass is 35.5. The maximum atomic E-state index is 12.8. The molecule has 9 heteroatoms. The molecule has 0 fully saturated rings. The Morgan fingerprint density at radius 2 is 1.84 bits per heavy atom. The van der Waals surface area contributed by atoms with E-state index in [0.717, 1.165) is 4.70 Å². The fourth-order valence-corrected chi connectivity index (χ4v) is 4.08. The first-order chi connectivity index (χ1) is 14.9. The van der Waals surface area contributed by atoms with Crippen LogP contribution in [-0.4, -0.2) is 33.3 Å². The SMILES string of the molecule is COC(=O)/C(C#N)=C/c1ccc(OC(=O)c2sc3ccc(OC)cc3c2Cl)c(OC)c1. The van der Waals surface area contributed by atoms with Crippen molar-refractivity contribution in [2.75, 3.05) is 21.3 Å². The quantitative estimate of drug-likeness (QED) is 0.225. The monoisotopic (exact) mass is 457 g/mol. The van der Waals surface area contributed by atoms with Crippen LogP contribution in [0.5, 0.6) is 17.2 Å². The molecule has 0 amide bonds. The molecule has 1 aromatic heterocycles. The van der Waals surface area contributed by atoms with Crippen LogP contribution < -0.4 is 14.2 Å². The summed E-state index contributed by atoms with van der Waals surface area (Å²) in [6.07, 6.45) is 1.34. The predicted molar refractivity (Wildman–Crippen MR) is 117 cm³/mol. The number of ether oxygens (including phenoxy) is 4. The van der Waals surface area contributed by atoms with Gasteiger partial charge in [0.15, 0.2) is 11.5 Å². The molecule has 0 aliphatic carbocycles. The molecule has 0 unspecified atom stereocenters. The fourth-order valence-electron chi connectivity index (χ4n) is 2.72. The summed E-state index contributed by atoms with van der Waals surface area (Å²) in [5, 5.41) is 10.1. The Morgan fingerprint density at radius 1 is 1.06 bits per heavy atom. The molecule has 0 spiro atoms. The van der Waals surface area contributed by atoms with Crippen LogP contribution in [0.1, 0.15) is 15.2 Å². The average Bonchev–Trinajstić information content (AvgIpc) is 3.13. The van der Waals surface area contributed by atoms with Gasteiger partial charge >= 0.3 is 11.9 Å². The maximum Gasteiger partial charge on any atom is 0.355 e. The van der Waals surface area contributed by atoms with Crippen LogP contribution >= 0.6 is 22.9 Å². The van der Waals surface area contributed by atoms with Crippen LogP contribution in [0, 0.1) is 11.3 Å². The first kappa shape index (κ1) is 22.2. The summed E-state index contributed by atoms with van der Waals surface area (Å²) >= 11 is 7.61. The van der Waals surface area contributed by atoms with Crippen LogP contribution in [0.15, 0.2) is 42.0 Å². The van der Waals surface area contributed by atoms with Crippen molar-refractivity contribution in [3.05, 3.63) is 57.4 Å². The number of hydrogen-bond acceptors (Lipinski definition) is 8. The highest BCUT2D eigenvalue weighted by molar-refractivity contribution is 7.21. The number of esters is 2. The number of nitriles is 1. The minimum atomic E-state index is -0.756. The van der Waals surface area contributed by atoms with Crippen molar-refractivity contribution in [2.24, 2.45) is 0 Å². The van der Waals surface area contributed by atoms with Gasteiger partial charge in [0.1, 0.15) is 22.3 Å². The Labute approximate surface area is 187 Å². The molecule has 0 aliphatic heterocycles. The van der Waals surface area contributed by atoms with Gasteiger partial charge in [-0.2, -0.15) is 5.26 Å². The highest BCUT2D eigenvalue weighted by Gasteiger charge is 2.21. The number of carbonyl (C=O) groups is 2. The Bertz CT molecular complexity index is 1240. The van der Waals surface area contributed by atoms with E-state index in [9.17, 15) is 9.59 Å². The third kappa shape index (κ3) is 4.63. The molecular weight excluding hydrogens is 442 g/mol. The molecule has 0 N–H and O–H groups in total. The number of carbonyl (C=O) groups excluding carboxylic acids is 2. The standard InChI is InChI=1S/C22H16ClNO6S/c1-27-14-5-7-18-15(10-14)19(23)20(31-18)22(26)30-16-6-4-12(9-17(16)28-2)8-13(11-24)21(25)29-3/h4-10H,1-3H3/b13-8+. The van der Waals surface area contributed by atoms with Crippen molar-refractivity contribution in [1.29, 1.82) is 5.26 Å². The van der Waals surface area contributed by atoms with Gasteiger partial charge in [0.05, 0.1) is 26.4 Å². The molecule has 0 atom stereocenters. The lowest BCUT2D eigenvalue weighted by atomic mass is 10.1. The second kappa shape index (κ2) is 9.51. The summed E-state index contributed by atoms with van der Waals surface area (Å²) in [5.74, 6) is -0.372. The van der Waals surface area contributed by atoms with Crippen molar-refractivity contribution in [3.8, 4) is 23.3 Å². The van der Waals surface area contributed by atoms with Crippen molar-refractivity contribution in [2.45, 2.75) is 0 Å². The van der Waals surface area contributed by atoms with E-state index in [-0.39, 0.29) is 27.0 Å². The molecule has 0 radical (unpaired) electrons. The fraction of sp³-hybridized carbons (Fsp3) is 0.136. The molecule has 0 saturated heterocycles. The van der Waals surface area contributed by atoms with Crippen molar-refractivity contribution < 1.29 is 28.5 Å². The summed E-state index contributed by atoms with van der Waals surface area (Å²) in [6, 6.07) is 11.7. The molecule has 0 saturated carbocycles. The van der Waals surface area contributed by atoms with Gasteiger partial charge in [0, 0.05) is 10.1 Å². The van der Waals surface area contributed by atoms with E-state index in [1.165, 1.54) is 43.8 Å². The average molecular weight is 458 g/mol. The van der Waals surface area contributed by atoms with Gasteiger partial charge in [-0.25, -0.2) is 9.59 Å². The lowest BCUT2D eigenvalue weighted by molar-refractivity contribution is -0.135. The summed E-state index contributed by atoms with van der Waals surface area (Å²) in [6.45, 7) is 0. The van der Waals surface area contributed by atoms with Gasteiger partial charge in [0.25, 0.3) is 0 Å². The zero-order valence-corrected chi connectivity index (χ0v) is 18.3. The molecule has 158 valence electrons. The zero-order valence-electron chi connectivity index (χ0n) is 16.7. The van der Waals surface area contributed by atoms with E-state index in [2.05, 4.69) is 4.74 Å². The third-order valence-electron chi connectivity index (χ3n) is 4.25. The minimum Gasteiger partial charge on any atom is -0.497 e. The lowest BCUT2D eigenvalue weighted by Gasteiger charge is -2.09. The van der Waals surface area contributed by atoms with E-state index in [0.29, 0.717) is 16.7 Å². The van der Waals surface area contributed by atoms with E-state index < -0.39 is 11.9 Å². The minimum absolute atomic E-state index is 0.160. The zero-order chi connectivity index (χ0) is 22.5. The Morgan fingerprint density at radius 3 is 2.48 bits per heavy atom. The van der Waals surface area contributed by atoms with E-state index in [1.54, 1.807) is 31.4 Å². The first-order valence-corrected chi connectivity index (χ1v) is 9.97. The van der Waals surface area contributed by atoms with Crippen molar-refractivity contribution in [3.63, 3.8) is 0 Å². The van der Waals surface area contributed by atoms with Gasteiger partial charge in [-0.15, -0.1) is 11.3 Å². The van der Waals surface area contributed by atoms with Crippen LogP contribution in [0.25, 0.3) is 16.2 Å². The van der Waals surface area contributed by atoms with Crippen LogP contribution in [0.4, 0.5) is 0 Å². The molecule has 31 heavy (non-hydrogen) atoms. The molecule has 0 bridgehead atoms. The number of thiophene rings is 1. The molecule has 2 aromatic carbocycles. The van der Waals surface area contributed by atoms with E-state index in [1.807, 2.05) is 6.07 Å². The summed E-state index contributed by atoms with van der Waals surface area (Å²) in [4.78, 5) is 24.6. The number of benzene rings is 2. The summed E-state index contributed by atoms with van der Waals surface area (Å²) in [5.41, 5.74) is 0.312. The number of rotatable bonds is 6. The Balaban J connectivity index is 1.90. The topological polar surface area (TPSA) is 94.9 Å². The summed E-state index contributed by atoms with van der Waals surface area (Å²) in [7, 11) is 4.14. The van der Waals surface area contributed by atoms with Crippen LogP contribution in [-0.2, 0) is 9.53 Å². The van der Waals surface area contributed by atoms with Crippen LogP contribution in [0.3, 0.4) is 0 Å². The number of hydrogen-bond donors (Lipinski definition) is 0. The molecule has 7 nitrogen and oxygen atoms in total. The molecule has 3 aromatic rings. The van der Waals surface area contributed by atoms with Gasteiger partial charge in [-0.3, -0.25) is 0 Å². The Kier molecular flexibility index (Phi) is 6.80. The molecule has 0 aliphatic rings. The molecule has 3 rings (SSSR count). The lowest BCUT2D eigenvalue weighted by Crippen LogP contribution is -2.08. The van der Waals surface area contributed by atoms with Gasteiger partial charge < -0.3 is 18.9 Å². The second-order valence-electron chi connectivity index (χ2n) is 6.07. The largest absolute Gasteiger partial charge is 0.497 e. The van der Waals surface area contributed by atoms with E-state index >= 15 is 0 Å². The Hall–Kier alpha value is -3.54. The number of methoxy groups -OCH3 is 3. The number of nitrogens with zero attached hydrogens (tertiary/aromatic N) is 1. The second-order valence-corrected chi connectivity index (χ2v) is 7.50. The van der Waals surface area contributed by atoms with Gasteiger partial charge in [-0.05, 0) is 42.0 Å². The smallest absolute Gasteiger partial charge is 0.355 e. The van der Waals surface area contributed by atoms with Crippen molar-refractivity contribution >= 4 is 51.0 Å². The maximum absolute atomic E-state index is 12.8. The first-order valence-electron chi connectivity index (χ1n) is 8.78. The van der Waals surface area contributed by atoms with Crippen molar-refractivity contribution in [1.82, 2.24) is 0 Å². The number of halogens is 1. The summed E-state index contributed by atoms with van der Waals surface area (Å²) < 4.78 is 21.4. The normalized spacial score (nSPS) is 11.0. The highest BCUT2D eigenvalue weighted by Crippen LogP contribution is 2.38. The number of fused-ring (bicyclic) bond motifs is 1. The predicted octanol–water partition coefficient (Wildman–Crippen LogP) is 4.87. The third-order valence-corrected chi connectivity index (χ3v) is 5.90. The van der Waals surface area contributed by atoms with Crippen LogP contribution in [0.2, 0.25) is 5.02 Å². The van der Waals surface area contributed by atoms with Gasteiger partial charge in [0.2, 0.25) is 0 Å². The molecular formula is C22H16ClNO6S.